The molecule has 0 aromatic heterocycles. The predicted octanol–water partition coefficient (Wildman–Crippen LogP) is 20.6. The van der Waals surface area contributed by atoms with Gasteiger partial charge in [0, 0.05) is 38.6 Å². The molecule has 396 valence electrons. The normalized spacial score (nSPS) is 13.4. The average Bonchev–Trinajstić information content (AvgIpc) is 3.34. The van der Waals surface area contributed by atoms with Gasteiger partial charge in [-0.3, -0.25) is 4.79 Å². The molecule has 1 unspecified atom stereocenters. The zero-order chi connectivity index (χ0) is 48.2. The van der Waals surface area contributed by atoms with Gasteiger partial charge in [0.05, 0.1) is 19.8 Å². The Morgan fingerprint density at radius 2 is 0.761 bits per heavy atom. The van der Waals surface area contributed by atoms with Crippen molar-refractivity contribution in [2.75, 3.05) is 39.6 Å². The van der Waals surface area contributed by atoms with E-state index in [2.05, 4.69) is 45.9 Å². The van der Waals surface area contributed by atoms with Crippen LogP contribution >= 0.6 is 0 Å². The zero-order valence-electron chi connectivity index (χ0n) is 46.2. The zero-order valence-corrected chi connectivity index (χ0v) is 46.2. The minimum absolute atomic E-state index is 0.475. The highest BCUT2D eigenvalue weighted by atomic mass is 16.5. The molecular weight excluding hydrogens is 821 g/mol. The van der Waals surface area contributed by atoms with Gasteiger partial charge in [0.2, 0.25) is 0 Å². The van der Waals surface area contributed by atoms with Crippen molar-refractivity contribution in [2.24, 2.45) is 17.8 Å². The summed E-state index contributed by atoms with van der Waals surface area (Å²) in [5, 5.41) is 0. The standard InChI is InChI=1S/C63H120O4/c1-5-9-13-17-25-34-44-59(45-35-26-18-14-10-6-2)54-63(64)51-41-30-22-21-29-38-50-62(58-67-56-61-48-39-33-40-49-61)57-66-53-43-32-24-23-31-42-52-65-55-60(46-36-27-19-15-11-7-3)47-37-28-20-16-12-8-4/h39,48-49,59-60,62H,5-38,40-47,50-58H2,1-4H3. The lowest BCUT2D eigenvalue weighted by Crippen LogP contribution is -2.18. The molecule has 0 radical (unpaired) electrons. The highest BCUT2D eigenvalue weighted by Crippen LogP contribution is 2.25. The largest absolute Gasteiger partial charge is 0.381 e. The van der Waals surface area contributed by atoms with Crippen molar-refractivity contribution >= 4 is 5.78 Å². The molecule has 0 bridgehead atoms. The van der Waals surface area contributed by atoms with Crippen LogP contribution in [0.5, 0.6) is 0 Å². The van der Waals surface area contributed by atoms with Gasteiger partial charge in [-0.15, -0.1) is 0 Å². The molecule has 0 aromatic rings. The van der Waals surface area contributed by atoms with Crippen molar-refractivity contribution in [2.45, 2.75) is 317 Å². The van der Waals surface area contributed by atoms with Crippen LogP contribution in [-0.2, 0) is 19.0 Å². The van der Waals surface area contributed by atoms with Crippen LogP contribution in [0, 0.1) is 17.8 Å². The van der Waals surface area contributed by atoms with Gasteiger partial charge in [0.1, 0.15) is 5.78 Å². The van der Waals surface area contributed by atoms with E-state index in [4.69, 9.17) is 14.2 Å². The third-order valence-corrected chi connectivity index (χ3v) is 14.9. The summed E-state index contributed by atoms with van der Waals surface area (Å²) in [5.41, 5.74) is 1.33. The summed E-state index contributed by atoms with van der Waals surface area (Å²) in [7, 11) is 0. The van der Waals surface area contributed by atoms with Crippen LogP contribution in [-0.4, -0.2) is 45.4 Å². The molecule has 0 saturated heterocycles. The van der Waals surface area contributed by atoms with E-state index in [1.54, 1.807) is 0 Å². The quantitative estimate of drug-likeness (QED) is 0.0570. The van der Waals surface area contributed by atoms with Crippen molar-refractivity contribution in [3.8, 4) is 0 Å². The fourth-order valence-electron chi connectivity index (χ4n) is 10.3. The van der Waals surface area contributed by atoms with Gasteiger partial charge in [-0.25, -0.2) is 0 Å². The van der Waals surface area contributed by atoms with E-state index in [-0.39, 0.29) is 0 Å². The van der Waals surface area contributed by atoms with E-state index in [0.29, 0.717) is 17.6 Å². The molecular formula is C63H120O4. The van der Waals surface area contributed by atoms with E-state index >= 15 is 0 Å². The van der Waals surface area contributed by atoms with Gasteiger partial charge in [0.15, 0.2) is 0 Å². The Morgan fingerprint density at radius 3 is 1.19 bits per heavy atom. The van der Waals surface area contributed by atoms with Gasteiger partial charge in [-0.2, -0.15) is 0 Å². The Hall–Kier alpha value is -0.970. The van der Waals surface area contributed by atoms with Crippen LogP contribution in [0.3, 0.4) is 0 Å². The van der Waals surface area contributed by atoms with Crippen molar-refractivity contribution in [3.63, 3.8) is 0 Å². The number of hydrogen-bond donors (Lipinski definition) is 0. The number of hydrogen-bond acceptors (Lipinski definition) is 4. The summed E-state index contributed by atoms with van der Waals surface area (Å²) >= 11 is 0. The molecule has 1 atom stereocenters. The average molecular weight is 942 g/mol. The maximum absolute atomic E-state index is 13.1. The molecule has 0 aliphatic heterocycles. The van der Waals surface area contributed by atoms with E-state index < -0.39 is 0 Å². The first-order chi connectivity index (χ1) is 33.1. The van der Waals surface area contributed by atoms with Gasteiger partial charge >= 0.3 is 0 Å². The van der Waals surface area contributed by atoms with Crippen molar-refractivity contribution in [3.05, 3.63) is 23.8 Å². The second kappa shape index (κ2) is 52.8. The van der Waals surface area contributed by atoms with Crippen LogP contribution in [0.2, 0.25) is 0 Å². The lowest BCUT2D eigenvalue weighted by molar-refractivity contribution is -0.120. The van der Waals surface area contributed by atoms with Crippen LogP contribution in [0.1, 0.15) is 317 Å². The molecule has 0 spiro atoms. The maximum atomic E-state index is 13.1. The third-order valence-electron chi connectivity index (χ3n) is 14.9. The lowest BCUT2D eigenvalue weighted by atomic mass is 9.89. The topological polar surface area (TPSA) is 44.8 Å². The van der Waals surface area contributed by atoms with Crippen LogP contribution < -0.4 is 0 Å². The molecule has 4 heteroatoms. The highest BCUT2D eigenvalue weighted by Gasteiger charge is 2.15. The molecule has 0 fully saturated rings. The molecule has 0 amide bonds. The number of unbranched alkanes of at least 4 members (excludes halogenated alkanes) is 30. The second-order valence-electron chi connectivity index (χ2n) is 21.8. The molecule has 1 aliphatic carbocycles. The summed E-state index contributed by atoms with van der Waals surface area (Å²) in [6.45, 7) is 14.4. The van der Waals surface area contributed by atoms with E-state index in [1.807, 2.05) is 0 Å². The molecule has 1 rings (SSSR count). The Morgan fingerprint density at radius 1 is 0.403 bits per heavy atom. The number of rotatable bonds is 56. The number of carbonyl (C=O) groups is 1. The smallest absolute Gasteiger partial charge is 0.133 e. The van der Waals surface area contributed by atoms with E-state index in [0.717, 1.165) is 77.7 Å². The van der Waals surface area contributed by atoms with Gasteiger partial charge < -0.3 is 14.2 Å². The highest BCUT2D eigenvalue weighted by molar-refractivity contribution is 5.78. The number of ether oxygens (including phenoxy) is 3. The summed E-state index contributed by atoms with van der Waals surface area (Å²) < 4.78 is 18.9. The fraction of sp³-hybridized carbons (Fsp3) is 0.921. The first-order valence-corrected chi connectivity index (χ1v) is 30.7. The monoisotopic (exact) mass is 941 g/mol. The number of carbonyl (C=O) groups excluding carboxylic acids is 1. The Kier molecular flexibility index (Phi) is 50.5. The van der Waals surface area contributed by atoms with E-state index in [1.165, 1.54) is 262 Å². The first kappa shape index (κ1) is 64.0. The summed E-state index contributed by atoms with van der Waals surface area (Å²) in [6.07, 6.45) is 65.2. The Bertz CT molecular complexity index is 1020. The minimum atomic E-state index is 0.475. The van der Waals surface area contributed by atoms with E-state index in [9.17, 15) is 4.79 Å². The van der Waals surface area contributed by atoms with Crippen molar-refractivity contribution in [1.29, 1.82) is 0 Å². The minimum Gasteiger partial charge on any atom is -0.381 e. The predicted molar refractivity (Wildman–Crippen MR) is 296 cm³/mol. The molecule has 0 N–H and O–H groups in total. The summed E-state index contributed by atoms with van der Waals surface area (Å²) in [4.78, 5) is 13.1. The van der Waals surface area contributed by atoms with Crippen LogP contribution in [0.4, 0.5) is 0 Å². The Balaban J connectivity index is 2.27. The molecule has 0 heterocycles. The number of allylic oxidation sites excluding steroid dienone is 2. The summed E-state index contributed by atoms with van der Waals surface area (Å²) in [5.74, 6) is 2.42. The van der Waals surface area contributed by atoms with Gasteiger partial charge in [0.25, 0.3) is 0 Å². The molecule has 1 aliphatic rings. The lowest BCUT2D eigenvalue weighted by Gasteiger charge is -2.18. The molecule has 0 saturated carbocycles. The summed E-state index contributed by atoms with van der Waals surface area (Å²) in [6, 6.07) is 0. The third kappa shape index (κ3) is 45.9. The van der Waals surface area contributed by atoms with Gasteiger partial charge in [-0.05, 0) is 68.8 Å². The maximum Gasteiger partial charge on any atom is 0.133 e. The van der Waals surface area contributed by atoms with Gasteiger partial charge in [-0.1, -0.05) is 271 Å². The molecule has 67 heavy (non-hydrogen) atoms. The van der Waals surface area contributed by atoms with Crippen LogP contribution in [0.25, 0.3) is 0 Å². The Labute approximate surface area is 420 Å². The SMILES string of the molecule is CCCCCCCCC(CCCCCCCC)COCCCCCCCCOCC(CCCCCCCCC(=O)CC(CCCCCCCC)CCCCCCCC)COCC1=CCCC=C1. The van der Waals surface area contributed by atoms with Crippen molar-refractivity contribution < 1.29 is 19.0 Å². The second-order valence-corrected chi connectivity index (χ2v) is 21.8. The molecule has 4 nitrogen and oxygen atoms in total. The number of Topliss-reactive ketones (excluding diaryl/α,β-unsaturated/α-hetero) is 1. The van der Waals surface area contributed by atoms with Crippen molar-refractivity contribution in [1.82, 2.24) is 0 Å². The fourth-order valence-corrected chi connectivity index (χ4v) is 10.3. The number of ketones is 1. The molecule has 0 aromatic carbocycles. The first-order valence-electron chi connectivity index (χ1n) is 30.7. The van der Waals surface area contributed by atoms with Crippen LogP contribution in [0.15, 0.2) is 23.8 Å².